The van der Waals surface area contributed by atoms with E-state index < -0.39 is 30.5 Å². The highest BCUT2D eigenvalue weighted by atomic mass is 16.6. The fourth-order valence-corrected chi connectivity index (χ4v) is 2.46. The van der Waals surface area contributed by atoms with Crippen LogP contribution in [-0.2, 0) is 4.74 Å². The van der Waals surface area contributed by atoms with Crippen molar-refractivity contribution in [2.45, 2.75) is 23.9 Å². The molecule has 5 N–H and O–H groups in total. The highest BCUT2D eigenvalue weighted by Crippen LogP contribution is 2.39. The Morgan fingerprint density at radius 3 is 2.90 bits per heavy atom. The van der Waals surface area contributed by atoms with Crippen molar-refractivity contribution in [1.82, 2.24) is 14.6 Å². The van der Waals surface area contributed by atoms with Gasteiger partial charge >= 0.3 is 0 Å². The number of aliphatic hydroxyl groups excluding tert-OH is 3. The molecule has 1 unspecified atom stereocenters. The van der Waals surface area contributed by atoms with Crippen LogP contribution in [0.1, 0.15) is 11.8 Å². The van der Waals surface area contributed by atoms with Crippen molar-refractivity contribution in [2.24, 2.45) is 0 Å². The van der Waals surface area contributed by atoms with Crippen LogP contribution in [0.15, 0.2) is 18.5 Å². The summed E-state index contributed by atoms with van der Waals surface area (Å²) in [5.74, 6) is 2.20. The number of nitrogens with two attached hydrogens (primary N) is 1. The maximum Gasteiger partial charge on any atom is 0.180 e. The molecule has 0 saturated carbocycles. The zero-order chi connectivity index (χ0) is 15.2. The molecule has 0 aromatic carbocycles. The van der Waals surface area contributed by atoms with Gasteiger partial charge in [-0.05, 0) is 6.07 Å². The molecular weight excluding hydrogens is 276 g/mol. The second kappa shape index (κ2) is 4.68. The predicted octanol–water partition coefficient (Wildman–Crippen LogP) is -1.53. The van der Waals surface area contributed by atoms with Crippen molar-refractivity contribution in [3.05, 3.63) is 24.2 Å². The highest BCUT2D eigenvalue weighted by Gasteiger charge is 2.54. The van der Waals surface area contributed by atoms with Crippen LogP contribution in [-0.4, -0.2) is 54.3 Å². The first kappa shape index (κ1) is 13.8. The molecule has 0 bridgehead atoms. The summed E-state index contributed by atoms with van der Waals surface area (Å²) in [6.07, 6.45) is 4.50. The zero-order valence-electron chi connectivity index (χ0n) is 10.9. The molecule has 8 nitrogen and oxygen atoms in total. The minimum atomic E-state index is -1.66. The van der Waals surface area contributed by atoms with Crippen LogP contribution in [0, 0.1) is 12.3 Å². The van der Waals surface area contributed by atoms with Crippen LogP contribution < -0.4 is 5.73 Å². The number of rotatable bonds is 2. The Morgan fingerprint density at radius 2 is 2.29 bits per heavy atom. The number of imidazole rings is 1. The molecule has 2 aromatic rings. The number of ether oxygens (including phenoxy) is 1. The summed E-state index contributed by atoms with van der Waals surface area (Å²) in [5.41, 5.74) is 5.33. The number of terminal acetylenes is 1. The normalized spacial score (nSPS) is 32.4. The molecule has 1 fully saturated rings. The largest absolute Gasteiger partial charge is 0.396 e. The fourth-order valence-electron chi connectivity index (χ4n) is 2.46. The molecule has 2 aromatic heterocycles. The number of nitrogen functional groups attached to an aromatic ring is 1. The fraction of sp³-hybridized carbons (Fsp3) is 0.385. The number of fused-ring (bicyclic) bond motifs is 1. The summed E-state index contributed by atoms with van der Waals surface area (Å²) in [5, 5.41) is 33.7. The van der Waals surface area contributed by atoms with Crippen LogP contribution in [0.3, 0.4) is 0 Å². The second-order valence-corrected chi connectivity index (χ2v) is 4.87. The molecule has 1 saturated heterocycles. The molecule has 0 amide bonds. The van der Waals surface area contributed by atoms with Crippen LogP contribution in [0.2, 0.25) is 0 Å². The summed E-state index contributed by atoms with van der Waals surface area (Å²) in [6.45, 7) is -0.621. The molecule has 3 heterocycles. The topological polar surface area (TPSA) is 126 Å². The lowest BCUT2D eigenvalue weighted by atomic mass is 9.96. The lowest BCUT2D eigenvalue weighted by Crippen LogP contribution is -2.44. The highest BCUT2D eigenvalue weighted by molar-refractivity contribution is 5.63. The molecule has 21 heavy (non-hydrogen) atoms. The number of hydrogen-bond acceptors (Lipinski definition) is 7. The van der Waals surface area contributed by atoms with E-state index in [9.17, 15) is 15.3 Å². The van der Waals surface area contributed by atoms with Gasteiger partial charge in [-0.3, -0.25) is 0 Å². The molecule has 1 aliphatic rings. The third kappa shape index (κ3) is 1.80. The van der Waals surface area contributed by atoms with Crippen LogP contribution in [0.25, 0.3) is 5.65 Å². The van der Waals surface area contributed by atoms with Gasteiger partial charge in [0.15, 0.2) is 11.2 Å². The average molecular weight is 290 g/mol. The van der Waals surface area contributed by atoms with Gasteiger partial charge < -0.3 is 25.8 Å². The van der Waals surface area contributed by atoms with E-state index in [4.69, 9.17) is 16.9 Å². The van der Waals surface area contributed by atoms with Crippen molar-refractivity contribution < 1.29 is 20.1 Å². The SMILES string of the molecule is C#C[C@]1(CO)O[C@@H](c2cnc3c(N)ccnn23)C(O)[C@H]1O. The van der Waals surface area contributed by atoms with Gasteiger partial charge in [-0.15, -0.1) is 6.42 Å². The van der Waals surface area contributed by atoms with Gasteiger partial charge in [0.05, 0.1) is 30.4 Å². The quantitative estimate of drug-likeness (QED) is 0.494. The smallest absolute Gasteiger partial charge is 0.180 e. The Labute approximate surface area is 119 Å². The number of anilines is 1. The molecule has 110 valence electrons. The van der Waals surface area contributed by atoms with E-state index in [0.29, 0.717) is 17.0 Å². The van der Waals surface area contributed by atoms with E-state index in [-0.39, 0.29) is 0 Å². The Bertz CT molecular complexity index is 725. The summed E-state index contributed by atoms with van der Waals surface area (Å²) >= 11 is 0. The minimum Gasteiger partial charge on any atom is -0.396 e. The monoisotopic (exact) mass is 290 g/mol. The number of hydrogen-bond donors (Lipinski definition) is 4. The summed E-state index contributed by atoms with van der Waals surface area (Å²) in [7, 11) is 0. The van der Waals surface area contributed by atoms with Gasteiger partial charge in [0.2, 0.25) is 0 Å². The van der Waals surface area contributed by atoms with E-state index in [2.05, 4.69) is 16.0 Å². The molecule has 0 aliphatic carbocycles. The van der Waals surface area contributed by atoms with Gasteiger partial charge in [-0.1, -0.05) is 5.92 Å². The Morgan fingerprint density at radius 1 is 1.52 bits per heavy atom. The number of nitrogens with zero attached hydrogens (tertiary/aromatic N) is 3. The van der Waals surface area contributed by atoms with E-state index in [1.807, 2.05) is 0 Å². The summed E-state index contributed by atoms with van der Waals surface area (Å²) in [6, 6.07) is 1.59. The molecular formula is C13H14N4O4. The van der Waals surface area contributed by atoms with Gasteiger partial charge in [-0.2, -0.15) is 5.10 Å². The van der Waals surface area contributed by atoms with Crippen LogP contribution in [0.5, 0.6) is 0 Å². The standard InChI is InChI=1S/C13H14N4O4/c1-2-13(6-18)11(20)9(19)10(21-13)8-5-15-12-7(14)3-4-16-17(8)12/h1,3-5,9-11,18-20H,6,14H2/t9?,10-,11+,13+/m0/s1. The molecule has 8 heteroatoms. The molecule has 0 spiro atoms. The van der Waals surface area contributed by atoms with E-state index in [1.54, 1.807) is 6.07 Å². The number of aliphatic hydroxyl groups is 3. The third-order valence-corrected chi connectivity index (χ3v) is 3.68. The van der Waals surface area contributed by atoms with Crippen LogP contribution in [0.4, 0.5) is 5.69 Å². The lowest BCUT2D eigenvalue weighted by molar-refractivity contribution is -0.0732. The average Bonchev–Trinajstić information content (AvgIpc) is 3.02. The second-order valence-electron chi connectivity index (χ2n) is 4.87. The maximum atomic E-state index is 10.2. The first-order valence-corrected chi connectivity index (χ1v) is 6.25. The Kier molecular flexibility index (Phi) is 3.07. The Hall–Kier alpha value is -2.18. The summed E-state index contributed by atoms with van der Waals surface area (Å²) in [4.78, 5) is 4.11. The first-order chi connectivity index (χ1) is 10.0. The van der Waals surface area contributed by atoms with Gasteiger partial charge in [0, 0.05) is 0 Å². The Balaban J connectivity index is 2.08. The molecule has 1 aliphatic heterocycles. The van der Waals surface area contributed by atoms with Crippen molar-refractivity contribution >= 4 is 11.3 Å². The van der Waals surface area contributed by atoms with E-state index in [0.717, 1.165) is 0 Å². The van der Waals surface area contributed by atoms with Crippen molar-refractivity contribution in [1.29, 1.82) is 0 Å². The van der Waals surface area contributed by atoms with Gasteiger partial charge in [0.25, 0.3) is 0 Å². The van der Waals surface area contributed by atoms with E-state index in [1.165, 1.54) is 16.9 Å². The molecule has 4 atom stereocenters. The van der Waals surface area contributed by atoms with Crippen molar-refractivity contribution in [2.75, 3.05) is 12.3 Å². The third-order valence-electron chi connectivity index (χ3n) is 3.68. The molecule has 0 radical (unpaired) electrons. The van der Waals surface area contributed by atoms with Crippen molar-refractivity contribution in [3.63, 3.8) is 0 Å². The van der Waals surface area contributed by atoms with Crippen molar-refractivity contribution in [3.8, 4) is 12.3 Å². The van der Waals surface area contributed by atoms with E-state index >= 15 is 0 Å². The summed E-state index contributed by atoms with van der Waals surface area (Å²) < 4.78 is 6.94. The number of aromatic nitrogens is 3. The lowest BCUT2D eigenvalue weighted by Gasteiger charge is -2.23. The minimum absolute atomic E-state index is 0.384. The maximum absolute atomic E-state index is 10.2. The first-order valence-electron chi connectivity index (χ1n) is 6.25. The van der Waals surface area contributed by atoms with Gasteiger partial charge in [-0.25, -0.2) is 9.50 Å². The zero-order valence-corrected chi connectivity index (χ0v) is 10.9. The predicted molar refractivity (Wildman–Crippen MR) is 71.9 cm³/mol. The van der Waals surface area contributed by atoms with Crippen LogP contribution >= 0.6 is 0 Å². The molecule has 3 rings (SSSR count). The van der Waals surface area contributed by atoms with Gasteiger partial charge in [0.1, 0.15) is 18.3 Å².